The number of nitrogens with zero attached hydrogens (tertiary/aromatic N) is 1. The fourth-order valence-corrected chi connectivity index (χ4v) is 2.31. The number of hydrogen-bond acceptors (Lipinski definition) is 3. The first-order valence-electron chi connectivity index (χ1n) is 6.97. The number of hydrogen-bond donors (Lipinski definition) is 1. The van der Waals surface area contributed by atoms with E-state index in [1.54, 1.807) is 12.4 Å². The number of rotatable bonds is 6. The summed E-state index contributed by atoms with van der Waals surface area (Å²) < 4.78 is 5.49. The molecule has 1 N–H and O–H groups in total. The fourth-order valence-electron chi connectivity index (χ4n) is 2.31. The molecule has 0 fully saturated rings. The summed E-state index contributed by atoms with van der Waals surface area (Å²) in [4.78, 5) is 15.5. The molecule has 0 aliphatic rings. The van der Waals surface area contributed by atoms with Crippen molar-refractivity contribution in [2.45, 2.75) is 26.2 Å². The van der Waals surface area contributed by atoms with Crippen LogP contribution < -0.4 is 4.74 Å². The molecule has 2 aromatic rings. The van der Waals surface area contributed by atoms with Gasteiger partial charge in [-0.2, -0.15) is 0 Å². The van der Waals surface area contributed by atoms with Crippen LogP contribution in [-0.2, 0) is 11.2 Å². The maximum atomic E-state index is 11.6. The number of aliphatic carboxylic acids is 1. The fraction of sp³-hybridized carbons (Fsp3) is 0.294. The highest BCUT2D eigenvalue weighted by molar-refractivity contribution is 5.76. The van der Waals surface area contributed by atoms with E-state index in [2.05, 4.69) is 4.98 Å². The van der Waals surface area contributed by atoms with Crippen molar-refractivity contribution in [1.29, 1.82) is 0 Å². The van der Waals surface area contributed by atoms with Crippen LogP contribution in [-0.4, -0.2) is 22.7 Å². The summed E-state index contributed by atoms with van der Waals surface area (Å²) in [5, 5.41) is 9.50. The Labute approximate surface area is 124 Å². The van der Waals surface area contributed by atoms with Gasteiger partial charge in [0.25, 0.3) is 0 Å². The van der Waals surface area contributed by atoms with Gasteiger partial charge in [-0.3, -0.25) is 9.78 Å². The number of pyridine rings is 1. The van der Waals surface area contributed by atoms with Gasteiger partial charge in [0.2, 0.25) is 0 Å². The van der Waals surface area contributed by atoms with Gasteiger partial charge in [-0.1, -0.05) is 12.1 Å². The minimum atomic E-state index is -0.824. The van der Waals surface area contributed by atoms with Gasteiger partial charge in [0, 0.05) is 12.4 Å². The lowest BCUT2D eigenvalue weighted by atomic mass is 9.91. The summed E-state index contributed by atoms with van der Waals surface area (Å²) in [5.41, 5.74) is 2.71. The molecule has 0 aliphatic carbocycles. The van der Waals surface area contributed by atoms with Gasteiger partial charge < -0.3 is 9.84 Å². The maximum Gasteiger partial charge on any atom is 0.311 e. The van der Waals surface area contributed by atoms with Crippen LogP contribution in [0.1, 0.15) is 29.5 Å². The largest absolute Gasteiger partial charge is 0.494 e. The number of aromatic nitrogens is 1. The molecule has 1 atom stereocenters. The Kier molecular flexibility index (Phi) is 4.93. The van der Waals surface area contributed by atoms with E-state index in [-0.39, 0.29) is 0 Å². The lowest BCUT2D eigenvalue weighted by Gasteiger charge is -2.15. The smallest absolute Gasteiger partial charge is 0.311 e. The van der Waals surface area contributed by atoms with Crippen LogP contribution >= 0.6 is 0 Å². The van der Waals surface area contributed by atoms with E-state index in [1.807, 2.05) is 44.2 Å². The molecule has 2 rings (SSSR count). The van der Waals surface area contributed by atoms with Crippen LogP contribution in [0, 0.1) is 6.92 Å². The lowest BCUT2D eigenvalue weighted by molar-refractivity contribution is -0.138. The predicted molar refractivity (Wildman–Crippen MR) is 80.7 cm³/mol. The minimum absolute atomic E-state index is 0.450. The standard InChI is InChI=1S/C17H19NO3/c1-3-21-16-5-4-14(10-12(16)2)15(17(19)20)11-13-6-8-18-9-7-13/h4-10,15H,3,11H2,1-2H3,(H,19,20). The third-order valence-corrected chi connectivity index (χ3v) is 3.39. The summed E-state index contributed by atoms with van der Waals surface area (Å²) in [7, 11) is 0. The summed E-state index contributed by atoms with van der Waals surface area (Å²) in [5.74, 6) is -0.591. The number of carbonyl (C=O) groups is 1. The normalized spacial score (nSPS) is 11.9. The Balaban J connectivity index is 2.26. The first kappa shape index (κ1) is 15.0. The van der Waals surface area contributed by atoms with Gasteiger partial charge >= 0.3 is 5.97 Å². The maximum absolute atomic E-state index is 11.6. The van der Waals surface area contributed by atoms with Crippen LogP contribution in [0.15, 0.2) is 42.7 Å². The van der Waals surface area contributed by atoms with Crippen molar-refractivity contribution in [3.8, 4) is 5.75 Å². The molecular weight excluding hydrogens is 266 g/mol. The average molecular weight is 285 g/mol. The van der Waals surface area contributed by atoms with E-state index in [4.69, 9.17) is 4.74 Å². The van der Waals surface area contributed by atoms with Crippen molar-refractivity contribution in [3.05, 3.63) is 59.4 Å². The second-order valence-electron chi connectivity index (χ2n) is 4.91. The van der Waals surface area contributed by atoms with Crippen molar-refractivity contribution in [3.63, 3.8) is 0 Å². The molecule has 0 spiro atoms. The van der Waals surface area contributed by atoms with Gasteiger partial charge in [0.15, 0.2) is 0 Å². The molecule has 1 aromatic carbocycles. The number of carboxylic acids is 1. The minimum Gasteiger partial charge on any atom is -0.494 e. The van der Waals surface area contributed by atoms with Crippen LogP contribution in [0.5, 0.6) is 5.75 Å². The Morgan fingerprint density at radius 1 is 1.29 bits per heavy atom. The van der Waals surface area contributed by atoms with E-state index >= 15 is 0 Å². The highest BCUT2D eigenvalue weighted by atomic mass is 16.5. The second-order valence-corrected chi connectivity index (χ2v) is 4.91. The van der Waals surface area contributed by atoms with Gasteiger partial charge in [-0.05, 0) is 55.2 Å². The summed E-state index contributed by atoms with van der Waals surface area (Å²) in [6.45, 7) is 4.45. The molecule has 0 aliphatic heterocycles. The average Bonchev–Trinajstić information content (AvgIpc) is 2.48. The monoisotopic (exact) mass is 285 g/mol. The third kappa shape index (κ3) is 3.81. The lowest BCUT2D eigenvalue weighted by Crippen LogP contribution is -2.14. The predicted octanol–water partition coefficient (Wildman–Crippen LogP) is 3.20. The van der Waals surface area contributed by atoms with Crippen molar-refractivity contribution in [1.82, 2.24) is 4.98 Å². The quantitative estimate of drug-likeness (QED) is 0.885. The van der Waals surface area contributed by atoms with Crippen LogP contribution in [0.2, 0.25) is 0 Å². The van der Waals surface area contributed by atoms with E-state index in [0.29, 0.717) is 13.0 Å². The van der Waals surface area contributed by atoms with E-state index in [9.17, 15) is 9.90 Å². The Morgan fingerprint density at radius 3 is 2.57 bits per heavy atom. The summed E-state index contributed by atoms with van der Waals surface area (Å²) in [6.07, 6.45) is 3.81. The summed E-state index contributed by atoms with van der Waals surface area (Å²) in [6, 6.07) is 9.26. The number of carboxylic acid groups (broad SMARTS) is 1. The highest BCUT2D eigenvalue weighted by Gasteiger charge is 2.21. The zero-order chi connectivity index (χ0) is 15.2. The Bertz CT molecular complexity index is 611. The van der Waals surface area contributed by atoms with E-state index in [1.165, 1.54) is 0 Å². The van der Waals surface area contributed by atoms with Crippen molar-refractivity contribution >= 4 is 5.97 Å². The molecule has 4 nitrogen and oxygen atoms in total. The number of aryl methyl sites for hydroxylation is 1. The molecule has 1 unspecified atom stereocenters. The van der Waals surface area contributed by atoms with Crippen LogP contribution in [0.25, 0.3) is 0 Å². The molecule has 21 heavy (non-hydrogen) atoms. The molecule has 0 saturated heterocycles. The molecule has 1 heterocycles. The first-order valence-corrected chi connectivity index (χ1v) is 6.97. The van der Waals surface area contributed by atoms with E-state index in [0.717, 1.165) is 22.4 Å². The molecule has 0 amide bonds. The molecule has 4 heteroatoms. The molecular formula is C17H19NO3. The first-order chi connectivity index (χ1) is 10.1. The van der Waals surface area contributed by atoms with Crippen molar-refractivity contribution < 1.29 is 14.6 Å². The highest BCUT2D eigenvalue weighted by Crippen LogP contribution is 2.26. The van der Waals surface area contributed by atoms with Gasteiger partial charge in [-0.15, -0.1) is 0 Å². The van der Waals surface area contributed by atoms with Crippen LogP contribution in [0.3, 0.4) is 0 Å². The Morgan fingerprint density at radius 2 is 2.00 bits per heavy atom. The molecule has 0 saturated carbocycles. The van der Waals surface area contributed by atoms with Crippen LogP contribution in [0.4, 0.5) is 0 Å². The molecule has 0 radical (unpaired) electrons. The molecule has 0 bridgehead atoms. The van der Waals surface area contributed by atoms with Crippen molar-refractivity contribution in [2.24, 2.45) is 0 Å². The summed E-state index contributed by atoms with van der Waals surface area (Å²) >= 11 is 0. The zero-order valence-corrected chi connectivity index (χ0v) is 12.2. The van der Waals surface area contributed by atoms with Crippen molar-refractivity contribution in [2.75, 3.05) is 6.61 Å². The number of ether oxygens (including phenoxy) is 1. The van der Waals surface area contributed by atoms with Gasteiger partial charge in [0.05, 0.1) is 12.5 Å². The molecule has 1 aromatic heterocycles. The van der Waals surface area contributed by atoms with Gasteiger partial charge in [-0.25, -0.2) is 0 Å². The third-order valence-electron chi connectivity index (χ3n) is 3.39. The topological polar surface area (TPSA) is 59.4 Å². The van der Waals surface area contributed by atoms with E-state index < -0.39 is 11.9 Å². The second kappa shape index (κ2) is 6.88. The molecule has 110 valence electrons. The number of benzene rings is 1. The SMILES string of the molecule is CCOc1ccc(C(Cc2ccncc2)C(=O)O)cc1C. The Hall–Kier alpha value is -2.36. The zero-order valence-electron chi connectivity index (χ0n) is 12.2. The van der Waals surface area contributed by atoms with Gasteiger partial charge in [0.1, 0.15) is 5.75 Å².